The van der Waals surface area contributed by atoms with E-state index in [2.05, 4.69) is 0 Å². The van der Waals surface area contributed by atoms with E-state index < -0.39 is 5.60 Å². The van der Waals surface area contributed by atoms with Crippen molar-refractivity contribution in [1.29, 1.82) is 0 Å². The SMILES string of the molecule is CCC(C)(O)COc1ccc(CN)cc1. The van der Waals surface area contributed by atoms with Crippen LogP contribution in [0, 0.1) is 0 Å². The van der Waals surface area contributed by atoms with Gasteiger partial charge >= 0.3 is 0 Å². The number of hydrogen-bond donors (Lipinski definition) is 2. The summed E-state index contributed by atoms with van der Waals surface area (Å²) in [6, 6.07) is 7.59. The first-order valence-corrected chi connectivity index (χ1v) is 5.21. The maximum atomic E-state index is 9.74. The highest BCUT2D eigenvalue weighted by molar-refractivity contribution is 5.27. The van der Waals surface area contributed by atoms with Crippen LogP contribution in [0.15, 0.2) is 24.3 Å². The lowest BCUT2D eigenvalue weighted by Crippen LogP contribution is -2.31. The van der Waals surface area contributed by atoms with Gasteiger partial charge in [-0.25, -0.2) is 0 Å². The zero-order valence-electron chi connectivity index (χ0n) is 9.36. The number of rotatable bonds is 5. The average Bonchev–Trinajstić information content (AvgIpc) is 2.27. The molecule has 0 radical (unpaired) electrons. The first kappa shape index (κ1) is 12.0. The predicted molar refractivity (Wildman–Crippen MR) is 60.7 cm³/mol. The van der Waals surface area contributed by atoms with Gasteiger partial charge in [-0.15, -0.1) is 0 Å². The third kappa shape index (κ3) is 3.90. The summed E-state index contributed by atoms with van der Waals surface area (Å²) in [5, 5.41) is 9.74. The number of hydrogen-bond acceptors (Lipinski definition) is 3. The Morgan fingerprint density at radius 3 is 2.40 bits per heavy atom. The zero-order valence-corrected chi connectivity index (χ0v) is 9.36. The van der Waals surface area contributed by atoms with E-state index >= 15 is 0 Å². The fourth-order valence-corrected chi connectivity index (χ4v) is 1.06. The summed E-state index contributed by atoms with van der Waals surface area (Å²) in [6.45, 7) is 4.54. The summed E-state index contributed by atoms with van der Waals surface area (Å²) < 4.78 is 5.47. The van der Waals surface area contributed by atoms with Gasteiger partial charge in [0.15, 0.2) is 0 Å². The molecule has 0 bridgehead atoms. The summed E-state index contributed by atoms with van der Waals surface area (Å²) >= 11 is 0. The fraction of sp³-hybridized carbons (Fsp3) is 0.500. The molecule has 1 unspecified atom stereocenters. The Labute approximate surface area is 90.9 Å². The van der Waals surface area contributed by atoms with Gasteiger partial charge in [-0.3, -0.25) is 0 Å². The molecular weight excluding hydrogens is 190 g/mol. The van der Waals surface area contributed by atoms with Gasteiger partial charge < -0.3 is 15.6 Å². The fourth-order valence-electron chi connectivity index (χ4n) is 1.06. The van der Waals surface area contributed by atoms with Gasteiger partial charge in [-0.05, 0) is 31.0 Å². The lowest BCUT2D eigenvalue weighted by atomic mass is 10.1. The molecule has 1 aromatic rings. The minimum Gasteiger partial charge on any atom is -0.491 e. The molecule has 1 rings (SSSR count). The number of benzene rings is 1. The Hall–Kier alpha value is -1.06. The van der Waals surface area contributed by atoms with Crippen molar-refractivity contribution in [2.45, 2.75) is 32.4 Å². The van der Waals surface area contributed by atoms with Crippen LogP contribution in [0.25, 0.3) is 0 Å². The highest BCUT2D eigenvalue weighted by Gasteiger charge is 2.18. The first-order valence-electron chi connectivity index (χ1n) is 5.21. The number of aliphatic hydroxyl groups is 1. The summed E-state index contributed by atoms with van der Waals surface area (Å²) in [5.41, 5.74) is 5.80. The van der Waals surface area contributed by atoms with Crippen LogP contribution in [0.5, 0.6) is 5.75 Å². The van der Waals surface area contributed by atoms with E-state index in [1.807, 2.05) is 31.2 Å². The molecule has 3 nitrogen and oxygen atoms in total. The molecule has 0 aliphatic rings. The second-order valence-electron chi connectivity index (χ2n) is 3.99. The van der Waals surface area contributed by atoms with Crippen LogP contribution in [-0.4, -0.2) is 17.3 Å². The normalized spacial score (nSPS) is 14.7. The Bertz CT molecular complexity index is 293. The third-order valence-corrected chi connectivity index (χ3v) is 2.47. The van der Waals surface area contributed by atoms with Crippen molar-refractivity contribution in [2.24, 2.45) is 5.73 Å². The summed E-state index contributed by atoms with van der Waals surface area (Å²) in [6.07, 6.45) is 0.674. The smallest absolute Gasteiger partial charge is 0.119 e. The van der Waals surface area contributed by atoms with Crippen molar-refractivity contribution in [2.75, 3.05) is 6.61 Å². The Morgan fingerprint density at radius 1 is 1.33 bits per heavy atom. The molecule has 1 atom stereocenters. The van der Waals surface area contributed by atoms with E-state index in [4.69, 9.17) is 10.5 Å². The maximum Gasteiger partial charge on any atom is 0.119 e. The molecule has 0 saturated heterocycles. The summed E-state index contributed by atoms with van der Waals surface area (Å²) in [7, 11) is 0. The van der Waals surface area contributed by atoms with E-state index in [9.17, 15) is 5.11 Å². The van der Waals surface area contributed by atoms with Crippen LogP contribution < -0.4 is 10.5 Å². The van der Waals surface area contributed by atoms with Crippen LogP contribution in [0.2, 0.25) is 0 Å². The standard InChI is InChI=1S/C12H19NO2/c1-3-12(2,14)9-15-11-6-4-10(8-13)5-7-11/h4-7,14H,3,8-9,13H2,1-2H3. The second kappa shape index (κ2) is 5.14. The molecule has 15 heavy (non-hydrogen) atoms. The lowest BCUT2D eigenvalue weighted by molar-refractivity contribution is 0.00846. The molecule has 1 aromatic carbocycles. The highest BCUT2D eigenvalue weighted by Crippen LogP contribution is 2.15. The monoisotopic (exact) mass is 209 g/mol. The van der Waals surface area contributed by atoms with Gasteiger partial charge in [0.25, 0.3) is 0 Å². The molecule has 0 saturated carbocycles. The third-order valence-electron chi connectivity index (χ3n) is 2.47. The minimum atomic E-state index is -0.757. The number of nitrogens with two attached hydrogens (primary N) is 1. The predicted octanol–water partition coefficient (Wildman–Crippen LogP) is 1.69. The molecular formula is C12H19NO2. The van der Waals surface area contributed by atoms with Crippen molar-refractivity contribution in [3.8, 4) is 5.75 Å². The molecule has 0 heterocycles. The van der Waals surface area contributed by atoms with E-state index in [1.165, 1.54) is 0 Å². The average molecular weight is 209 g/mol. The van der Waals surface area contributed by atoms with Crippen LogP contribution in [0.3, 0.4) is 0 Å². The second-order valence-corrected chi connectivity index (χ2v) is 3.99. The molecule has 0 amide bonds. The van der Waals surface area contributed by atoms with Crippen LogP contribution >= 0.6 is 0 Å². The minimum absolute atomic E-state index is 0.311. The quantitative estimate of drug-likeness (QED) is 0.775. The molecule has 0 spiro atoms. The zero-order chi connectivity index (χ0) is 11.3. The van der Waals surface area contributed by atoms with Crippen molar-refractivity contribution in [3.05, 3.63) is 29.8 Å². The van der Waals surface area contributed by atoms with Gasteiger partial charge in [-0.2, -0.15) is 0 Å². The Balaban J connectivity index is 2.51. The molecule has 0 aliphatic carbocycles. The molecule has 3 N–H and O–H groups in total. The lowest BCUT2D eigenvalue weighted by Gasteiger charge is -2.21. The topological polar surface area (TPSA) is 55.5 Å². The molecule has 84 valence electrons. The van der Waals surface area contributed by atoms with Crippen LogP contribution in [0.4, 0.5) is 0 Å². The van der Waals surface area contributed by atoms with Gasteiger partial charge in [0.1, 0.15) is 12.4 Å². The van der Waals surface area contributed by atoms with E-state index in [1.54, 1.807) is 6.92 Å². The summed E-state index contributed by atoms with van der Waals surface area (Å²) in [5.74, 6) is 0.765. The summed E-state index contributed by atoms with van der Waals surface area (Å²) in [4.78, 5) is 0. The van der Waals surface area contributed by atoms with Crippen LogP contribution in [0.1, 0.15) is 25.8 Å². The molecule has 3 heteroatoms. The van der Waals surface area contributed by atoms with Crippen LogP contribution in [-0.2, 0) is 6.54 Å². The Morgan fingerprint density at radius 2 is 1.93 bits per heavy atom. The van der Waals surface area contributed by atoms with E-state index in [0.29, 0.717) is 19.6 Å². The van der Waals surface area contributed by atoms with E-state index in [0.717, 1.165) is 11.3 Å². The van der Waals surface area contributed by atoms with Crippen molar-refractivity contribution >= 4 is 0 Å². The van der Waals surface area contributed by atoms with E-state index in [-0.39, 0.29) is 0 Å². The van der Waals surface area contributed by atoms with Gasteiger partial charge in [0.05, 0.1) is 5.60 Å². The highest BCUT2D eigenvalue weighted by atomic mass is 16.5. The molecule has 0 aliphatic heterocycles. The maximum absolute atomic E-state index is 9.74. The van der Waals surface area contributed by atoms with Gasteiger partial charge in [0.2, 0.25) is 0 Å². The van der Waals surface area contributed by atoms with Gasteiger partial charge in [0, 0.05) is 6.54 Å². The van der Waals surface area contributed by atoms with Crippen molar-refractivity contribution in [1.82, 2.24) is 0 Å². The largest absolute Gasteiger partial charge is 0.491 e. The molecule has 0 aromatic heterocycles. The van der Waals surface area contributed by atoms with Gasteiger partial charge in [-0.1, -0.05) is 19.1 Å². The van der Waals surface area contributed by atoms with Crippen molar-refractivity contribution in [3.63, 3.8) is 0 Å². The van der Waals surface area contributed by atoms with Crippen molar-refractivity contribution < 1.29 is 9.84 Å². The number of ether oxygens (including phenoxy) is 1. The molecule has 0 fully saturated rings. The Kier molecular flexibility index (Phi) is 4.12. The first-order chi connectivity index (χ1) is 7.07.